The fourth-order valence-corrected chi connectivity index (χ4v) is 2.52. The Morgan fingerprint density at radius 3 is 2.33 bits per heavy atom. The number of rotatable bonds is 2. The minimum Gasteiger partial charge on any atom is -0.388 e. The topological polar surface area (TPSA) is 20.2 Å². The van der Waals surface area contributed by atoms with E-state index >= 15 is 0 Å². The van der Waals surface area contributed by atoms with E-state index in [9.17, 15) is 22.7 Å². The zero-order valence-corrected chi connectivity index (χ0v) is 9.67. The van der Waals surface area contributed by atoms with E-state index in [2.05, 4.69) is 0 Å². The fourth-order valence-electron chi connectivity index (χ4n) is 2.52. The third-order valence-electron chi connectivity index (χ3n) is 3.50. The Bertz CT molecular complexity index is 421. The molecule has 1 aromatic carbocycles. The lowest BCUT2D eigenvalue weighted by atomic mass is 9.93. The summed E-state index contributed by atoms with van der Waals surface area (Å²) < 4.78 is 51.4. The van der Waals surface area contributed by atoms with Crippen molar-refractivity contribution in [2.45, 2.75) is 38.0 Å². The van der Waals surface area contributed by atoms with Crippen LogP contribution in [0.2, 0.25) is 0 Å². The van der Waals surface area contributed by atoms with Crippen LogP contribution >= 0.6 is 0 Å². The molecule has 1 aliphatic carbocycles. The molecule has 1 saturated carbocycles. The standard InChI is InChI=1S/C13H14F4O/c14-11-9(12(18)8-4-1-2-5-8)6-3-7-10(11)13(15,16)17/h3,6-8,12,18H,1-2,4-5H2. The van der Waals surface area contributed by atoms with Gasteiger partial charge in [0.25, 0.3) is 0 Å². The molecule has 0 spiro atoms. The van der Waals surface area contributed by atoms with Crippen LogP contribution in [0.4, 0.5) is 17.6 Å². The molecule has 5 heteroatoms. The maximum absolute atomic E-state index is 13.8. The van der Waals surface area contributed by atoms with Crippen LogP contribution in [0.1, 0.15) is 42.9 Å². The Kier molecular flexibility index (Phi) is 3.61. The van der Waals surface area contributed by atoms with E-state index < -0.39 is 23.7 Å². The highest BCUT2D eigenvalue weighted by atomic mass is 19.4. The summed E-state index contributed by atoms with van der Waals surface area (Å²) in [6.07, 6.45) is -2.54. The molecule has 1 nitrogen and oxygen atoms in total. The Morgan fingerprint density at radius 2 is 1.78 bits per heavy atom. The number of hydrogen-bond donors (Lipinski definition) is 1. The highest BCUT2D eigenvalue weighted by Gasteiger charge is 2.36. The van der Waals surface area contributed by atoms with Crippen LogP contribution in [-0.4, -0.2) is 5.11 Å². The van der Waals surface area contributed by atoms with Crippen molar-refractivity contribution in [1.82, 2.24) is 0 Å². The second-order valence-corrected chi connectivity index (χ2v) is 4.70. The Hall–Kier alpha value is -1.10. The predicted octanol–water partition coefficient (Wildman–Crippen LogP) is 4.07. The van der Waals surface area contributed by atoms with E-state index in [0.717, 1.165) is 31.7 Å². The molecule has 0 bridgehead atoms. The summed E-state index contributed by atoms with van der Waals surface area (Å²) in [5, 5.41) is 9.98. The van der Waals surface area contributed by atoms with Gasteiger partial charge in [0.15, 0.2) is 0 Å². The van der Waals surface area contributed by atoms with E-state index in [1.807, 2.05) is 0 Å². The number of halogens is 4. The van der Waals surface area contributed by atoms with Crippen molar-refractivity contribution in [2.75, 3.05) is 0 Å². The molecular weight excluding hydrogens is 248 g/mol. The maximum atomic E-state index is 13.8. The number of hydrogen-bond acceptors (Lipinski definition) is 1. The van der Waals surface area contributed by atoms with E-state index in [1.165, 1.54) is 6.07 Å². The van der Waals surface area contributed by atoms with Crippen molar-refractivity contribution in [1.29, 1.82) is 0 Å². The third-order valence-corrected chi connectivity index (χ3v) is 3.50. The van der Waals surface area contributed by atoms with Crippen LogP contribution in [0.3, 0.4) is 0 Å². The first-order valence-electron chi connectivity index (χ1n) is 5.95. The molecule has 100 valence electrons. The van der Waals surface area contributed by atoms with E-state index in [-0.39, 0.29) is 11.5 Å². The molecule has 2 rings (SSSR count). The summed E-state index contributed by atoms with van der Waals surface area (Å²) in [6, 6.07) is 3.06. The van der Waals surface area contributed by atoms with Gasteiger partial charge < -0.3 is 5.11 Å². The highest BCUT2D eigenvalue weighted by Crippen LogP contribution is 2.39. The molecule has 0 amide bonds. The first-order valence-corrected chi connectivity index (χ1v) is 5.95. The Morgan fingerprint density at radius 1 is 1.17 bits per heavy atom. The molecule has 0 radical (unpaired) electrons. The molecule has 1 aromatic rings. The monoisotopic (exact) mass is 262 g/mol. The average molecular weight is 262 g/mol. The number of aliphatic hydroxyl groups is 1. The van der Waals surface area contributed by atoms with Crippen molar-refractivity contribution in [3.05, 3.63) is 35.1 Å². The molecule has 1 aliphatic rings. The minimum atomic E-state index is -4.73. The van der Waals surface area contributed by atoms with E-state index in [4.69, 9.17) is 0 Å². The van der Waals surface area contributed by atoms with Crippen molar-refractivity contribution >= 4 is 0 Å². The van der Waals surface area contributed by atoms with Gasteiger partial charge in [0.05, 0.1) is 11.7 Å². The molecule has 1 unspecified atom stereocenters. The quantitative estimate of drug-likeness (QED) is 0.796. The fraction of sp³-hybridized carbons (Fsp3) is 0.538. The molecule has 18 heavy (non-hydrogen) atoms. The van der Waals surface area contributed by atoms with Crippen LogP contribution < -0.4 is 0 Å². The van der Waals surface area contributed by atoms with Crippen LogP contribution in [-0.2, 0) is 6.18 Å². The third kappa shape index (κ3) is 2.51. The van der Waals surface area contributed by atoms with Gasteiger partial charge in [-0.15, -0.1) is 0 Å². The zero-order valence-electron chi connectivity index (χ0n) is 9.67. The van der Waals surface area contributed by atoms with Crippen LogP contribution in [0.15, 0.2) is 18.2 Å². The second-order valence-electron chi connectivity index (χ2n) is 4.70. The summed E-state index contributed by atoms with van der Waals surface area (Å²) in [5.41, 5.74) is -1.55. The lowest BCUT2D eigenvalue weighted by molar-refractivity contribution is -0.140. The van der Waals surface area contributed by atoms with Crippen molar-refractivity contribution in [3.63, 3.8) is 0 Å². The smallest absolute Gasteiger partial charge is 0.388 e. The van der Waals surface area contributed by atoms with Crippen molar-refractivity contribution in [3.8, 4) is 0 Å². The SMILES string of the molecule is OC(c1cccc(C(F)(F)F)c1F)C1CCCC1. The molecule has 0 aliphatic heterocycles. The first-order chi connectivity index (χ1) is 8.41. The van der Waals surface area contributed by atoms with Gasteiger partial charge in [-0.25, -0.2) is 4.39 Å². The highest BCUT2D eigenvalue weighted by molar-refractivity contribution is 5.30. The summed E-state index contributed by atoms with van der Waals surface area (Å²) in [5.74, 6) is -1.48. The Balaban J connectivity index is 2.33. The van der Waals surface area contributed by atoms with Gasteiger partial charge in [0.2, 0.25) is 0 Å². The average Bonchev–Trinajstić information content (AvgIpc) is 2.80. The zero-order chi connectivity index (χ0) is 13.3. The number of benzene rings is 1. The van der Waals surface area contributed by atoms with Crippen molar-refractivity contribution in [2.24, 2.45) is 5.92 Å². The second kappa shape index (κ2) is 4.88. The molecule has 0 heterocycles. The van der Waals surface area contributed by atoms with Gasteiger partial charge in [-0.1, -0.05) is 25.0 Å². The van der Waals surface area contributed by atoms with Crippen LogP contribution in [0.25, 0.3) is 0 Å². The van der Waals surface area contributed by atoms with Crippen molar-refractivity contribution < 1.29 is 22.7 Å². The van der Waals surface area contributed by atoms with Gasteiger partial charge in [0.1, 0.15) is 5.82 Å². The van der Waals surface area contributed by atoms with E-state index in [0.29, 0.717) is 6.07 Å². The lowest BCUT2D eigenvalue weighted by Gasteiger charge is -2.20. The molecular formula is C13H14F4O. The maximum Gasteiger partial charge on any atom is 0.419 e. The van der Waals surface area contributed by atoms with Crippen LogP contribution in [0, 0.1) is 11.7 Å². The number of aliphatic hydroxyl groups excluding tert-OH is 1. The normalized spacial score (nSPS) is 19.2. The van der Waals surface area contributed by atoms with Gasteiger partial charge in [0, 0.05) is 5.56 Å². The summed E-state index contributed by atoms with van der Waals surface area (Å²) >= 11 is 0. The van der Waals surface area contributed by atoms with Gasteiger partial charge in [-0.05, 0) is 24.8 Å². The van der Waals surface area contributed by atoms with Gasteiger partial charge in [-0.3, -0.25) is 0 Å². The van der Waals surface area contributed by atoms with E-state index in [1.54, 1.807) is 0 Å². The van der Waals surface area contributed by atoms with Gasteiger partial charge >= 0.3 is 6.18 Å². The molecule has 0 saturated heterocycles. The molecule has 0 aromatic heterocycles. The largest absolute Gasteiger partial charge is 0.419 e. The van der Waals surface area contributed by atoms with Gasteiger partial charge in [-0.2, -0.15) is 13.2 Å². The lowest BCUT2D eigenvalue weighted by Crippen LogP contribution is -2.15. The predicted molar refractivity (Wildman–Crippen MR) is 58.3 cm³/mol. The van der Waals surface area contributed by atoms with Crippen LogP contribution in [0.5, 0.6) is 0 Å². The summed E-state index contributed by atoms with van der Waals surface area (Å²) in [4.78, 5) is 0. The molecule has 1 N–H and O–H groups in total. The summed E-state index contributed by atoms with van der Waals surface area (Å²) in [6.45, 7) is 0. The molecule has 1 fully saturated rings. The molecule has 1 atom stereocenters. The first kappa shape index (κ1) is 13.3. The minimum absolute atomic E-state index is 0.136. The Labute approximate surface area is 102 Å². The summed E-state index contributed by atoms with van der Waals surface area (Å²) in [7, 11) is 0. The number of alkyl halides is 3.